The van der Waals surface area contributed by atoms with Gasteiger partial charge in [0.25, 0.3) is 0 Å². The molecule has 3 aromatic rings. The predicted octanol–water partition coefficient (Wildman–Crippen LogP) is 6.95. The number of allylic oxidation sites excluding steroid dienone is 1. The second-order valence-corrected chi connectivity index (χ2v) is 12.3. The molecule has 0 unspecified atom stereocenters. The van der Waals surface area contributed by atoms with Crippen molar-refractivity contribution in [2.45, 2.75) is 71.5 Å². The van der Waals surface area contributed by atoms with Crippen LogP contribution in [0.1, 0.15) is 71.4 Å². The number of aryl methyl sites for hydroxylation is 1. The normalized spacial score (nSPS) is 18.6. The van der Waals surface area contributed by atoms with Crippen molar-refractivity contribution in [2.24, 2.45) is 18.4 Å². The van der Waals surface area contributed by atoms with Gasteiger partial charge in [0.1, 0.15) is 11.2 Å². The molecule has 37 heavy (non-hydrogen) atoms. The Hall–Kier alpha value is -3.34. The van der Waals surface area contributed by atoms with Gasteiger partial charge in [0.05, 0.1) is 0 Å². The lowest BCUT2D eigenvalue weighted by atomic mass is 9.76. The molecule has 0 saturated heterocycles. The molecule has 5 heteroatoms. The number of carbonyl (C=O) groups excluding carboxylic acids is 2. The number of hydrogen-bond donors (Lipinski definition) is 0. The smallest absolute Gasteiger partial charge is 0.324 e. The van der Waals surface area contributed by atoms with E-state index in [-0.39, 0.29) is 24.7 Å². The monoisotopic (exact) mass is 501 g/mol. The number of benzene rings is 2. The van der Waals surface area contributed by atoms with Gasteiger partial charge in [-0.25, -0.2) is 0 Å². The van der Waals surface area contributed by atoms with E-state index >= 15 is 0 Å². The van der Waals surface area contributed by atoms with Crippen LogP contribution in [0.5, 0.6) is 0 Å². The van der Waals surface area contributed by atoms with Gasteiger partial charge < -0.3 is 14.0 Å². The number of aromatic nitrogens is 1. The van der Waals surface area contributed by atoms with Gasteiger partial charge in [-0.05, 0) is 77.5 Å². The van der Waals surface area contributed by atoms with Gasteiger partial charge in [-0.1, -0.05) is 60.7 Å². The minimum absolute atomic E-state index is 0.0912. The van der Waals surface area contributed by atoms with E-state index in [0.29, 0.717) is 0 Å². The summed E-state index contributed by atoms with van der Waals surface area (Å²) >= 11 is 0. The van der Waals surface area contributed by atoms with Crippen molar-refractivity contribution in [1.29, 1.82) is 0 Å². The maximum atomic E-state index is 13.7. The summed E-state index contributed by atoms with van der Waals surface area (Å²) in [7, 11) is 2.04. The molecule has 4 rings (SSSR count). The molecule has 0 amide bonds. The van der Waals surface area contributed by atoms with Crippen LogP contribution in [0.15, 0.2) is 72.9 Å². The van der Waals surface area contributed by atoms with Crippen molar-refractivity contribution in [3.63, 3.8) is 0 Å². The zero-order valence-electron chi connectivity index (χ0n) is 23.1. The Kier molecular flexibility index (Phi) is 6.87. The molecule has 0 aliphatic heterocycles. The lowest BCUT2D eigenvalue weighted by Gasteiger charge is -2.33. The first-order valence-electron chi connectivity index (χ1n) is 13.0. The molecular weight excluding hydrogens is 462 g/mol. The second kappa shape index (κ2) is 9.51. The molecule has 0 bridgehead atoms. The number of hydrogen-bond acceptors (Lipinski definition) is 4. The highest BCUT2D eigenvalue weighted by Crippen LogP contribution is 2.54. The minimum Gasteiger partial charge on any atom is -0.459 e. The SMILES string of the molecule is C=C1CC(C(=O)OC(C)(C)C)(C(=O)OC(C)(C)C)C[C@@H]1[C@H](c1ccccc1)c1cn(C)c2ccccc12. The first kappa shape index (κ1) is 26.7. The molecule has 196 valence electrons. The van der Waals surface area contributed by atoms with Gasteiger partial charge in [-0.3, -0.25) is 9.59 Å². The second-order valence-electron chi connectivity index (χ2n) is 12.3. The van der Waals surface area contributed by atoms with Crippen LogP contribution in [0.2, 0.25) is 0 Å². The summed E-state index contributed by atoms with van der Waals surface area (Å²) in [6.07, 6.45) is 2.64. The molecule has 1 heterocycles. The maximum absolute atomic E-state index is 13.7. The van der Waals surface area contributed by atoms with Crippen LogP contribution in [0.4, 0.5) is 0 Å². The van der Waals surface area contributed by atoms with Gasteiger partial charge in [0, 0.05) is 30.1 Å². The van der Waals surface area contributed by atoms with E-state index in [1.807, 2.05) is 78.9 Å². The van der Waals surface area contributed by atoms with E-state index in [1.54, 1.807) is 0 Å². The van der Waals surface area contributed by atoms with E-state index in [2.05, 4.69) is 41.6 Å². The largest absolute Gasteiger partial charge is 0.459 e. The Morgan fingerprint density at radius 1 is 0.919 bits per heavy atom. The Bertz CT molecular complexity index is 1290. The number of carbonyl (C=O) groups is 2. The predicted molar refractivity (Wildman–Crippen MR) is 147 cm³/mol. The quantitative estimate of drug-likeness (QED) is 0.216. The molecule has 5 nitrogen and oxygen atoms in total. The van der Waals surface area contributed by atoms with Gasteiger partial charge in [0.15, 0.2) is 5.41 Å². The molecule has 0 N–H and O–H groups in total. The van der Waals surface area contributed by atoms with E-state index in [0.717, 1.165) is 27.6 Å². The molecule has 1 fully saturated rings. The van der Waals surface area contributed by atoms with E-state index < -0.39 is 28.6 Å². The molecule has 2 atom stereocenters. The van der Waals surface area contributed by atoms with Crippen LogP contribution < -0.4 is 0 Å². The van der Waals surface area contributed by atoms with Crippen molar-refractivity contribution < 1.29 is 19.1 Å². The number of ether oxygens (including phenoxy) is 2. The summed E-state index contributed by atoms with van der Waals surface area (Å²) < 4.78 is 13.8. The number of fused-ring (bicyclic) bond motifs is 1. The third kappa shape index (κ3) is 5.36. The van der Waals surface area contributed by atoms with Gasteiger partial charge in [-0.2, -0.15) is 0 Å². The fourth-order valence-corrected chi connectivity index (χ4v) is 5.52. The molecule has 1 aliphatic carbocycles. The standard InChI is InChI=1S/C32H39NO4/c1-21-18-32(28(34)36-30(2,3)4,29(35)37-31(5,6)7)19-24(21)27(22-14-10-9-11-15-22)25-20-33(8)26-17-13-12-16-23(25)26/h9-17,20,24,27H,1,18-19H2,2-8H3/t24-,27-/m0/s1. The van der Waals surface area contributed by atoms with Gasteiger partial charge in [-0.15, -0.1) is 0 Å². The number of nitrogens with zero attached hydrogens (tertiary/aromatic N) is 1. The van der Waals surface area contributed by atoms with E-state index in [9.17, 15) is 9.59 Å². The average molecular weight is 502 g/mol. The van der Waals surface area contributed by atoms with Crippen molar-refractivity contribution in [1.82, 2.24) is 4.57 Å². The van der Waals surface area contributed by atoms with Crippen LogP contribution in [0.3, 0.4) is 0 Å². The molecule has 1 aromatic heterocycles. The lowest BCUT2D eigenvalue weighted by molar-refractivity contribution is -0.185. The van der Waals surface area contributed by atoms with Crippen LogP contribution >= 0.6 is 0 Å². The van der Waals surface area contributed by atoms with Crippen molar-refractivity contribution in [3.05, 3.63) is 84.1 Å². The maximum Gasteiger partial charge on any atom is 0.324 e. The molecule has 1 aliphatic rings. The first-order valence-corrected chi connectivity index (χ1v) is 13.0. The molecular formula is C32H39NO4. The average Bonchev–Trinajstić information content (AvgIpc) is 3.31. The fraction of sp³-hybridized carbons (Fsp3) is 0.438. The topological polar surface area (TPSA) is 57.5 Å². The highest BCUT2D eigenvalue weighted by molar-refractivity contribution is 6.01. The van der Waals surface area contributed by atoms with Crippen LogP contribution in [-0.4, -0.2) is 27.7 Å². The third-order valence-electron chi connectivity index (χ3n) is 7.02. The van der Waals surface area contributed by atoms with Crippen LogP contribution in [0.25, 0.3) is 10.9 Å². The molecule has 0 spiro atoms. The van der Waals surface area contributed by atoms with Crippen LogP contribution in [0, 0.1) is 11.3 Å². The molecule has 0 radical (unpaired) electrons. The summed E-state index contributed by atoms with van der Waals surface area (Å²) in [5.41, 5.74) is 1.35. The number of rotatable bonds is 5. The Morgan fingerprint density at radius 2 is 1.46 bits per heavy atom. The Balaban J connectivity index is 1.85. The zero-order valence-corrected chi connectivity index (χ0v) is 23.1. The minimum atomic E-state index is -1.44. The third-order valence-corrected chi connectivity index (χ3v) is 7.02. The van der Waals surface area contributed by atoms with Crippen molar-refractivity contribution in [2.75, 3.05) is 0 Å². The van der Waals surface area contributed by atoms with E-state index in [1.165, 1.54) is 0 Å². The summed E-state index contributed by atoms with van der Waals surface area (Å²) in [5, 5.41) is 1.15. The highest BCUT2D eigenvalue weighted by atomic mass is 16.6. The van der Waals surface area contributed by atoms with Crippen molar-refractivity contribution >= 4 is 22.8 Å². The lowest BCUT2D eigenvalue weighted by Crippen LogP contribution is -2.45. The van der Waals surface area contributed by atoms with Crippen molar-refractivity contribution in [3.8, 4) is 0 Å². The summed E-state index contributed by atoms with van der Waals surface area (Å²) in [4.78, 5) is 27.5. The Morgan fingerprint density at radius 3 is 2.03 bits per heavy atom. The summed E-state index contributed by atoms with van der Waals surface area (Å²) in [6, 6.07) is 18.6. The zero-order chi connectivity index (χ0) is 27.2. The summed E-state index contributed by atoms with van der Waals surface area (Å²) in [5.74, 6) is -1.33. The van der Waals surface area contributed by atoms with Crippen LogP contribution in [-0.2, 0) is 26.1 Å². The number of para-hydroxylation sites is 1. The van der Waals surface area contributed by atoms with E-state index in [4.69, 9.17) is 9.47 Å². The first-order chi connectivity index (χ1) is 17.2. The number of esters is 2. The molecule has 2 aromatic carbocycles. The van der Waals surface area contributed by atoms with Gasteiger partial charge >= 0.3 is 11.9 Å². The Labute approximate surface area is 220 Å². The fourth-order valence-electron chi connectivity index (χ4n) is 5.52. The van der Waals surface area contributed by atoms with Gasteiger partial charge in [0.2, 0.25) is 0 Å². The highest BCUT2D eigenvalue weighted by Gasteiger charge is 2.58. The summed E-state index contributed by atoms with van der Waals surface area (Å²) in [6.45, 7) is 15.3. The molecule has 1 saturated carbocycles.